The Morgan fingerprint density at radius 1 is 0.932 bits per heavy atom. The van der Waals surface area contributed by atoms with Gasteiger partial charge in [-0.3, -0.25) is 9.59 Å². The predicted octanol–water partition coefficient (Wildman–Crippen LogP) is 6.12. The molecule has 0 spiro atoms. The molecule has 9 nitrogen and oxygen atoms in total. The highest BCUT2D eigenvalue weighted by molar-refractivity contribution is 7.91. The molecule has 1 heterocycles. The molecule has 0 amide bonds. The summed E-state index contributed by atoms with van der Waals surface area (Å²) in [6, 6.07) is 12.9. The van der Waals surface area contributed by atoms with Gasteiger partial charge in [0.25, 0.3) is 0 Å². The third-order valence-corrected chi connectivity index (χ3v) is 10.9. The zero-order chi connectivity index (χ0) is 32.5. The standard InChI is InChI=1S/C34H49NO8S/c1-5-7-19-34(20-8-6-2)23-44(41,42)29-18-15-25(35(3)4)22-28(29)30(31(34)36)24-13-16-26(17-14-24)43-21-11-9-10-12-27(32(37)38)33(39)40/h13-18,22,27,30-31,36H,5-12,19-21,23H2,1-4H3,(H,37,38)(H,39,40)/t30-,31-/m1/s1. The van der Waals surface area contributed by atoms with E-state index < -0.39 is 45.1 Å². The molecular weight excluding hydrogens is 582 g/mol. The number of unbranched alkanes of at least 4 members (excludes halogenated alkanes) is 4. The molecule has 1 aliphatic rings. The van der Waals surface area contributed by atoms with Crippen LogP contribution in [0.25, 0.3) is 0 Å². The number of fused-ring (bicyclic) bond motifs is 1. The lowest BCUT2D eigenvalue weighted by Crippen LogP contribution is -2.43. The number of rotatable bonds is 17. The zero-order valence-electron chi connectivity index (χ0n) is 26.5. The first-order valence-electron chi connectivity index (χ1n) is 15.8. The molecule has 0 unspecified atom stereocenters. The second-order valence-corrected chi connectivity index (χ2v) is 14.3. The van der Waals surface area contributed by atoms with Crippen molar-refractivity contribution in [2.45, 2.75) is 95.0 Å². The largest absolute Gasteiger partial charge is 0.494 e. The highest BCUT2D eigenvalue weighted by Gasteiger charge is 2.49. The van der Waals surface area contributed by atoms with Crippen molar-refractivity contribution in [3.63, 3.8) is 0 Å². The van der Waals surface area contributed by atoms with Crippen molar-refractivity contribution in [3.8, 4) is 5.75 Å². The van der Waals surface area contributed by atoms with Crippen LogP contribution in [0.3, 0.4) is 0 Å². The van der Waals surface area contributed by atoms with Gasteiger partial charge in [0.15, 0.2) is 15.8 Å². The number of anilines is 1. The Hall–Kier alpha value is -3.11. The minimum absolute atomic E-state index is 0.0765. The third kappa shape index (κ3) is 8.53. The maximum absolute atomic E-state index is 14.0. The summed E-state index contributed by atoms with van der Waals surface area (Å²) in [5.74, 6) is -4.02. The Morgan fingerprint density at radius 3 is 2.09 bits per heavy atom. The van der Waals surface area contributed by atoms with E-state index >= 15 is 0 Å². The number of hydrogen-bond donors (Lipinski definition) is 3. The summed E-state index contributed by atoms with van der Waals surface area (Å²) in [6.07, 6.45) is 5.69. The molecule has 2 atom stereocenters. The van der Waals surface area contributed by atoms with Crippen LogP contribution in [0.5, 0.6) is 5.75 Å². The van der Waals surface area contributed by atoms with Gasteiger partial charge in [-0.2, -0.15) is 0 Å². The van der Waals surface area contributed by atoms with Gasteiger partial charge in [-0.15, -0.1) is 0 Å². The molecule has 0 bridgehead atoms. The average Bonchev–Trinajstić information content (AvgIpc) is 3.04. The van der Waals surface area contributed by atoms with E-state index in [1.165, 1.54) is 0 Å². The van der Waals surface area contributed by atoms with E-state index in [-0.39, 0.29) is 17.1 Å². The summed E-state index contributed by atoms with van der Waals surface area (Å²) >= 11 is 0. The van der Waals surface area contributed by atoms with Crippen molar-refractivity contribution in [2.24, 2.45) is 11.3 Å². The molecule has 0 saturated heterocycles. The number of hydrogen-bond acceptors (Lipinski definition) is 7. The highest BCUT2D eigenvalue weighted by atomic mass is 32.2. The van der Waals surface area contributed by atoms with Crippen LogP contribution >= 0.6 is 0 Å². The number of nitrogens with zero attached hydrogens (tertiary/aromatic N) is 1. The highest BCUT2D eigenvalue weighted by Crippen LogP contribution is 2.50. The Balaban J connectivity index is 1.89. The lowest BCUT2D eigenvalue weighted by Gasteiger charge is -2.40. The van der Waals surface area contributed by atoms with E-state index in [4.69, 9.17) is 14.9 Å². The van der Waals surface area contributed by atoms with Crippen LogP contribution in [-0.4, -0.2) is 68.2 Å². The van der Waals surface area contributed by atoms with E-state index in [9.17, 15) is 23.1 Å². The fraction of sp³-hybridized carbons (Fsp3) is 0.588. The van der Waals surface area contributed by atoms with Crippen LogP contribution < -0.4 is 9.64 Å². The van der Waals surface area contributed by atoms with Gasteiger partial charge in [-0.05, 0) is 67.1 Å². The van der Waals surface area contributed by atoms with Gasteiger partial charge in [-0.1, -0.05) is 64.5 Å². The molecule has 44 heavy (non-hydrogen) atoms. The van der Waals surface area contributed by atoms with Crippen molar-refractivity contribution in [1.29, 1.82) is 0 Å². The molecule has 2 aromatic carbocycles. The zero-order valence-corrected chi connectivity index (χ0v) is 27.3. The minimum atomic E-state index is -3.67. The van der Waals surface area contributed by atoms with E-state index in [1.54, 1.807) is 6.07 Å². The number of carboxylic acids is 2. The molecule has 0 saturated carbocycles. The molecule has 3 N–H and O–H groups in total. The summed E-state index contributed by atoms with van der Waals surface area (Å²) in [5.41, 5.74) is 1.53. The molecule has 0 aromatic heterocycles. The number of carboxylic acid groups (broad SMARTS) is 2. The summed E-state index contributed by atoms with van der Waals surface area (Å²) in [6.45, 7) is 4.56. The first kappa shape index (κ1) is 35.4. The quantitative estimate of drug-likeness (QED) is 0.139. The van der Waals surface area contributed by atoms with E-state index in [1.807, 2.05) is 55.4 Å². The Bertz CT molecular complexity index is 1330. The lowest BCUT2D eigenvalue weighted by molar-refractivity contribution is -0.154. The lowest BCUT2D eigenvalue weighted by atomic mass is 9.68. The van der Waals surface area contributed by atoms with Gasteiger partial charge in [0.05, 0.1) is 23.4 Å². The van der Waals surface area contributed by atoms with E-state index in [2.05, 4.69) is 13.8 Å². The van der Waals surface area contributed by atoms with Crippen molar-refractivity contribution in [2.75, 3.05) is 31.4 Å². The summed E-state index contributed by atoms with van der Waals surface area (Å²) in [7, 11) is 0.147. The number of aliphatic hydroxyl groups is 1. The first-order chi connectivity index (χ1) is 20.9. The molecular formula is C34H49NO8S. The maximum atomic E-state index is 14.0. The van der Waals surface area contributed by atoms with Crippen LogP contribution in [0.4, 0.5) is 5.69 Å². The van der Waals surface area contributed by atoms with Crippen molar-refractivity contribution >= 4 is 27.5 Å². The van der Waals surface area contributed by atoms with Crippen LogP contribution in [-0.2, 0) is 19.4 Å². The van der Waals surface area contributed by atoms with Gasteiger partial charge in [0.2, 0.25) is 0 Å². The number of benzene rings is 2. The van der Waals surface area contributed by atoms with Gasteiger partial charge in [0.1, 0.15) is 5.75 Å². The Kier molecular flexibility index (Phi) is 12.7. The SMILES string of the molecule is CCCCC1(CCCC)CS(=O)(=O)c2ccc(N(C)C)cc2[C@@H](c2ccc(OCCCCCC(C(=O)O)C(=O)O)cc2)[C@H]1O. The molecule has 0 fully saturated rings. The maximum Gasteiger partial charge on any atom is 0.317 e. The Labute approximate surface area is 262 Å². The van der Waals surface area contributed by atoms with Crippen molar-refractivity contribution < 1.29 is 38.1 Å². The number of carbonyl (C=O) groups is 2. The summed E-state index contributed by atoms with van der Waals surface area (Å²) in [5, 5.41) is 30.3. The molecule has 2 aromatic rings. The summed E-state index contributed by atoms with van der Waals surface area (Å²) < 4.78 is 33.9. The smallest absolute Gasteiger partial charge is 0.317 e. The third-order valence-electron chi connectivity index (χ3n) is 8.90. The van der Waals surface area contributed by atoms with Crippen LogP contribution in [0.1, 0.15) is 95.1 Å². The average molecular weight is 632 g/mol. The van der Waals surface area contributed by atoms with Gasteiger partial charge in [-0.25, -0.2) is 8.42 Å². The van der Waals surface area contributed by atoms with Crippen LogP contribution in [0.15, 0.2) is 47.4 Å². The molecule has 244 valence electrons. The van der Waals surface area contributed by atoms with E-state index in [0.717, 1.165) is 36.9 Å². The summed E-state index contributed by atoms with van der Waals surface area (Å²) in [4.78, 5) is 24.3. The van der Waals surface area contributed by atoms with Crippen LogP contribution in [0.2, 0.25) is 0 Å². The van der Waals surface area contributed by atoms with Gasteiger partial charge in [0, 0.05) is 31.1 Å². The topological polar surface area (TPSA) is 141 Å². The fourth-order valence-electron chi connectivity index (χ4n) is 6.33. The molecule has 10 heteroatoms. The van der Waals surface area contributed by atoms with E-state index in [0.29, 0.717) is 50.0 Å². The number of sulfone groups is 1. The van der Waals surface area contributed by atoms with Crippen LogP contribution in [0, 0.1) is 11.3 Å². The molecule has 1 aliphatic heterocycles. The predicted molar refractivity (Wildman–Crippen MR) is 171 cm³/mol. The number of ether oxygens (including phenoxy) is 1. The van der Waals surface area contributed by atoms with Crippen molar-refractivity contribution in [3.05, 3.63) is 53.6 Å². The Morgan fingerprint density at radius 2 is 1.55 bits per heavy atom. The van der Waals surface area contributed by atoms with Gasteiger partial charge < -0.3 is 25.0 Å². The monoisotopic (exact) mass is 631 g/mol. The number of aliphatic hydroxyl groups excluding tert-OH is 1. The molecule has 3 rings (SSSR count). The minimum Gasteiger partial charge on any atom is -0.494 e. The normalized spacial score (nSPS) is 18.8. The van der Waals surface area contributed by atoms with Crippen molar-refractivity contribution in [1.82, 2.24) is 0 Å². The fourth-order valence-corrected chi connectivity index (χ4v) is 8.52. The first-order valence-corrected chi connectivity index (χ1v) is 17.4. The number of aliphatic carboxylic acids is 2. The molecule has 0 aliphatic carbocycles. The van der Waals surface area contributed by atoms with Gasteiger partial charge >= 0.3 is 11.9 Å². The second-order valence-electron chi connectivity index (χ2n) is 12.4. The molecule has 0 radical (unpaired) electrons. The second kappa shape index (κ2) is 15.8.